The van der Waals surface area contributed by atoms with Gasteiger partial charge in [0.05, 0.1) is 5.75 Å². The molecule has 2 aromatic heterocycles. The topological polar surface area (TPSA) is 87.1 Å². The first kappa shape index (κ1) is 18.2. The molecule has 0 bridgehead atoms. The lowest BCUT2D eigenvalue weighted by Crippen LogP contribution is -1.95. The predicted octanol–water partition coefficient (Wildman–Crippen LogP) is 4.61. The molecule has 8 heteroatoms. The summed E-state index contributed by atoms with van der Waals surface area (Å²) in [7, 11) is 0. The highest BCUT2D eigenvalue weighted by Crippen LogP contribution is 2.24. The summed E-state index contributed by atoms with van der Waals surface area (Å²) >= 11 is 1.34. The van der Waals surface area contributed by atoms with Crippen molar-refractivity contribution in [2.75, 3.05) is 0 Å². The highest BCUT2D eigenvalue weighted by molar-refractivity contribution is 7.98. The number of ether oxygens (including phenoxy) is 1. The Bertz CT molecular complexity index is 1060. The lowest BCUT2D eigenvalue weighted by atomic mass is 10.1. The van der Waals surface area contributed by atoms with Gasteiger partial charge in [0.15, 0.2) is 6.61 Å². The molecule has 0 aliphatic rings. The van der Waals surface area contributed by atoms with E-state index in [-0.39, 0.29) is 6.61 Å². The normalized spacial score (nSPS) is 10.9. The maximum atomic E-state index is 5.70. The summed E-state index contributed by atoms with van der Waals surface area (Å²) in [4.78, 5) is 0. The molecule has 0 N–H and O–H groups in total. The molecule has 142 valence electrons. The van der Waals surface area contributed by atoms with Crippen molar-refractivity contribution in [3.63, 3.8) is 0 Å². The SMILES string of the molecule is Cc1ccc(-c2nnc(CSc3nnc(COc4cccc(C)c4)o3)o2)cc1. The quantitative estimate of drug-likeness (QED) is 0.420. The van der Waals surface area contributed by atoms with Crippen LogP contribution < -0.4 is 4.74 Å². The average molecular weight is 394 g/mol. The number of aromatic nitrogens is 4. The van der Waals surface area contributed by atoms with Crippen molar-refractivity contribution < 1.29 is 13.6 Å². The number of hydrogen-bond acceptors (Lipinski definition) is 8. The van der Waals surface area contributed by atoms with E-state index in [1.807, 2.05) is 62.4 Å². The van der Waals surface area contributed by atoms with Crippen LogP contribution in [0.25, 0.3) is 11.5 Å². The monoisotopic (exact) mass is 394 g/mol. The Morgan fingerprint density at radius 2 is 1.68 bits per heavy atom. The Morgan fingerprint density at radius 3 is 2.50 bits per heavy atom. The Labute approximate surface area is 166 Å². The smallest absolute Gasteiger partial charge is 0.277 e. The van der Waals surface area contributed by atoms with Gasteiger partial charge in [-0.05, 0) is 43.7 Å². The van der Waals surface area contributed by atoms with Crippen molar-refractivity contribution in [3.8, 4) is 17.2 Å². The third kappa shape index (κ3) is 4.58. The van der Waals surface area contributed by atoms with Gasteiger partial charge in [-0.1, -0.05) is 41.6 Å². The van der Waals surface area contributed by atoms with Crippen LogP contribution in [-0.2, 0) is 12.4 Å². The molecule has 0 amide bonds. The van der Waals surface area contributed by atoms with Gasteiger partial charge in [-0.25, -0.2) is 0 Å². The van der Waals surface area contributed by atoms with E-state index in [1.54, 1.807) is 0 Å². The highest BCUT2D eigenvalue weighted by atomic mass is 32.2. The van der Waals surface area contributed by atoms with Crippen molar-refractivity contribution in [1.29, 1.82) is 0 Å². The van der Waals surface area contributed by atoms with Crippen molar-refractivity contribution in [2.45, 2.75) is 31.4 Å². The van der Waals surface area contributed by atoms with Gasteiger partial charge >= 0.3 is 0 Å². The molecule has 2 heterocycles. The molecule has 0 aliphatic heterocycles. The van der Waals surface area contributed by atoms with Crippen molar-refractivity contribution in [2.24, 2.45) is 0 Å². The number of benzene rings is 2. The lowest BCUT2D eigenvalue weighted by molar-refractivity contribution is 0.252. The molecule has 2 aromatic carbocycles. The molecular formula is C20H18N4O3S. The maximum Gasteiger partial charge on any atom is 0.277 e. The second kappa shape index (κ2) is 8.26. The number of rotatable bonds is 7. The molecule has 4 rings (SSSR count). The van der Waals surface area contributed by atoms with E-state index in [0.717, 1.165) is 16.9 Å². The van der Waals surface area contributed by atoms with Crippen LogP contribution in [0, 0.1) is 13.8 Å². The number of aryl methyl sites for hydroxylation is 2. The van der Waals surface area contributed by atoms with Crippen LogP contribution in [0.1, 0.15) is 22.9 Å². The van der Waals surface area contributed by atoms with Gasteiger partial charge < -0.3 is 13.6 Å². The van der Waals surface area contributed by atoms with Gasteiger partial charge in [-0.15, -0.1) is 20.4 Å². The molecule has 7 nitrogen and oxygen atoms in total. The van der Waals surface area contributed by atoms with Gasteiger partial charge in [0.25, 0.3) is 11.1 Å². The van der Waals surface area contributed by atoms with Crippen molar-refractivity contribution in [3.05, 3.63) is 71.4 Å². The predicted molar refractivity (Wildman–Crippen MR) is 104 cm³/mol. The van der Waals surface area contributed by atoms with E-state index in [4.69, 9.17) is 13.6 Å². The van der Waals surface area contributed by atoms with Crippen molar-refractivity contribution >= 4 is 11.8 Å². The Balaban J connectivity index is 1.31. The van der Waals surface area contributed by atoms with E-state index < -0.39 is 0 Å². The Morgan fingerprint density at radius 1 is 0.857 bits per heavy atom. The zero-order chi connectivity index (χ0) is 19.3. The van der Waals surface area contributed by atoms with Gasteiger partial charge in [0.1, 0.15) is 5.75 Å². The first-order valence-electron chi connectivity index (χ1n) is 8.70. The molecule has 0 fully saturated rings. The second-order valence-corrected chi connectivity index (χ2v) is 7.15. The standard InChI is InChI=1S/C20H18N4O3S/c1-13-6-8-15(9-7-13)19-23-22-18(26-19)12-28-20-24-21-17(27-20)11-25-16-5-3-4-14(2)10-16/h3-10H,11-12H2,1-2H3. The molecule has 0 atom stereocenters. The molecule has 0 spiro atoms. The summed E-state index contributed by atoms with van der Waals surface area (Å²) < 4.78 is 16.9. The van der Waals surface area contributed by atoms with E-state index in [2.05, 4.69) is 20.4 Å². The minimum Gasteiger partial charge on any atom is -0.484 e. The third-order valence-electron chi connectivity index (χ3n) is 3.88. The fourth-order valence-corrected chi connectivity index (χ4v) is 3.07. The summed E-state index contributed by atoms with van der Waals surface area (Å²) in [6.45, 7) is 4.26. The molecule has 0 aliphatic carbocycles. The van der Waals surface area contributed by atoms with Gasteiger partial charge in [-0.2, -0.15) is 0 Å². The highest BCUT2D eigenvalue weighted by Gasteiger charge is 2.12. The lowest BCUT2D eigenvalue weighted by Gasteiger charge is -2.03. The zero-order valence-corrected chi connectivity index (χ0v) is 16.3. The van der Waals surface area contributed by atoms with Gasteiger partial charge in [-0.3, -0.25) is 0 Å². The summed E-state index contributed by atoms with van der Waals surface area (Å²) in [5.74, 6) is 2.61. The molecule has 0 saturated heterocycles. The van der Waals surface area contributed by atoms with Crippen LogP contribution in [0.15, 0.2) is 62.6 Å². The fourth-order valence-electron chi connectivity index (χ4n) is 2.45. The van der Waals surface area contributed by atoms with Crippen LogP contribution in [0.5, 0.6) is 5.75 Å². The Kier molecular flexibility index (Phi) is 5.38. The Hall–Kier alpha value is -3.13. The summed E-state index contributed by atoms with van der Waals surface area (Å²) in [6.07, 6.45) is 0. The largest absolute Gasteiger partial charge is 0.484 e. The first-order chi connectivity index (χ1) is 13.7. The minimum absolute atomic E-state index is 0.217. The van der Waals surface area contributed by atoms with E-state index in [9.17, 15) is 0 Å². The van der Waals surface area contributed by atoms with Gasteiger partial charge in [0.2, 0.25) is 11.8 Å². The second-order valence-electron chi connectivity index (χ2n) is 6.22. The number of thioether (sulfide) groups is 1. The van der Waals surface area contributed by atoms with Crippen LogP contribution in [0.3, 0.4) is 0 Å². The maximum absolute atomic E-state index is 5.70. The molecule has 28 heavy (non-hydrogen) atoms. The molecular weight excluding hydrogens is 376 g/mol. The number of nitrogens with zero attached hydrogens (tertiary/aromatic N) is 4. The van der Waals surface area contributed by atoms with E-state index in [0.29, 0.717) is 28.6 Å². The van der Waals surface area contributed by atoms with Crippen LogP contribution in [0.2, 0.25) is 0 Å². The van der Waals surface area contributed by atoms with E-state index in [1.165, 1.54) is 17.3 Å². The third-order valence-corrected chi connectivity index (χ3v) is 4.69. The van der Waals surface area contributed by atoms with Crippen LogP contribution >= 0.6 is 11.8 Å². The van der Waals surface area contributed by atoms with Crippen molar-refractivity contribution in [1.82, 2.24) is 20.4 Å². The van der Waals surface area contributed by atoms with Gasteiger partial charge in [0, 0.05) is 5.56 Å². The summed E-state index contributed by atoms with van der Waals surface area (Å²) in [5, 5.41) is 16.6. The minimum atomic E-state index is 0.217. The van der Waals surface area contributed by atoms with Crippen LogP contribution in [0.4, 0.5) is 0 Å². The fraction of sp³-hybridized carbons (Fsp3) is 0.200. The molecule has 0 unspecified atom stereocenters. The average Bonchev–Trinajstić information content (AvgIpc) is 3.35. The first-order valence-corrected chi connectivity index (χ1v) is 9.68. The summed E-state index contributed by atoms with van der Waals surface area (Å²) in [5.41, 5.74) is 3.20. The number of hydrogen-bond donors (Lipinski definition) is 0. The zero-order valence-electron chi connectivity index (χ0n) is 15.5. The molecule has 4 aromatic rings. The summed E-state index contributed by atoms with van der Waals surface area (Å²) in [6, 6.07) is 15.7. The molecule has 0 radical (unpaired) electrons. The van der Waals surface area contributed by atoms with Crippen LogP contribution in [-0.4, -0.2) is 20.4 Å². The molecule has 0 saturated carbocycles. The van der Waals surface area contributed by atoms with E-state index >= 15 is 0 Å².